The highest BCUT2D eigenvalue weighted by molar-refractivity contribution is 7.90. The predicted octanol–water partition coefficient (Wildman–Crippen LogP) is 3.78. The van der Waals surface area contributed by atoms with Gasteiger partial charge in [-0.3, -0.25) is 4.79 Å². The largest absolute Gasteiger partial charge is 0.424 e. The van der Waals surface area contributed by atoms with Crippen LogP contribution in [-0.2, 0) is 21.1 Å². The van der Waals surface area contributed by atoms with Gasteiger partial charge in [-0.15, -0.1) is 0 Å². The van der Waals surface area contributed by atoms with Gasteiger partial charge in [0, 0.05) is 25.0 Å². The molecule has 0 fully saturated rings. The van der Waals surface area contributed by atoms with Crippen molar-refractivity contribution in [3.63, 3.8) is 0 Å². The number of halogens is 1. The molecule has 1 aliphatic rings. The molecular weight excluding hydrogens is 483 g/mol. The minimum atomic E-state index is -3.38. The number of nitrogens with one attached hydrogen (secondary N) is 2. The maximum absolute atomic E-state index is 13.6. The van der Waals surface area contributed by atoms with Gasteiger partial charge in [0.15, 0.2) is 5.58 Å². The SMILES string of the molecule is CC(C)(C)C[C@H](Nc1nc2ccccc2o1)C(=O)N[C@H](CN1CCc2cc(F)ccc21)CS(C)(=O)=O. The van der Waals surface area contributed by atoms with Crippen LogP contribution >= 0.6 is 0 Å². The van der Waals surface area contributed by atoms with Crippen molar-refractivity contribution in [2.24, 2.45) is 5.41 Å². The first-order valence-corrected chi connectivity index (χ1v) is 14.1. The van der Waals surface area contributed by atoms with Crippen molar-refractivity contribution >= 4 is 38.5 Å². The Kier molecular flexibility index (Phi) is 7.26. The van der Waals surface area contributed by atoms with Gasteiger partial charge in [0.2, 0.25) is 5.91 Å². The first-order chi connectivity index (χ1) is 16.9. The molecule has 3 aromatic rings. The van der Waals surface area contributed by atoms with Crippen LogP contribution in [0.4, 0.5) is 16.1 Å². The van der Waals surface area contributed by atoms with Crippen LogP contribution in [-0.4, -0.2) is 56.5 Å². The molecule has 194 valence electrons. The topological polar surface area (TPSA) is 105 Å². The van der Waals surface area contributed by atoms with Crippen LogP contribution in [0, 0.1) is 11.2 Å². The number of carbonyl (C=O) groups excluding carboxylic acids is 1. The minimum Gasteiger partial charge on any atom is -0.424 e. The summed E-state index contributed by atoms with van der Waals surface area (Å²) in [5.74, 6) is -0.845. The molecule has 0 spiro atoms. The number of anilines is 2. The van der Waals surface area contributed by atoms with Crippen LogP contribution in [0.3, 0.4) is 0 Å². The Hall–Kier alpha value is -3.14. The van der Waals surface area contributed by atoms with Crippen molar-refractivity contribution in [3.05, 3.63) is 53.8 Å². The molecule has 0 radical (unpaired) electrons. The van der Waals surface area contributed by atoms with E-state index in [9.17, 15) is 17.6 Å². The number of benzene rings is 2. The number of rotatable bonds is 9. The summed E-state index contributed by atoms with van der Waals surface area (Å²) in [7, 11) is -3.38. The second-order valence-electron chi connectivity index (χ2n) is 10.7. The number of oxazole rings is 1. The van der Waals surface area contributed by atoms with Gasteiger partial charge >= 0.3 is 0 Å². The van der Waals surface area contributed by atoms with Gasteiger partial charge in [0.1, 0.15) is 27.2 Å². The predicted molar refractivity (Wildman–Crippen MR) is 139 cm³/mol. The summed E-state index contributed by atoms with van der Waals surface area (Å²) in [5, 5.41) is 6.07. The summed E-state index contributed by atoms with van der Waals surface area (Å²) in [6, 6.07) is 10.8. The van der Waals surface area contributed by atoms with Gasteiger partial charge in [-0.2, -0.15) is 4.98 Å². The zero-order valence-electron chi connectivity index (χ0n) is 21.0. The Morgan fingerprint density at radius 1 is 1.22 bits per heavy atom. The molecule has 10 heteroatoms. The van der Waals surface area contributed by atoms with Crippen LogP contribution in [0.5, 0.6) is 0 Å². The fourth-order valence-electron chi connectivity index (χ4n) is 4.61. The third-order valence-electron chi connectivity index (χ3n) is 6.05. The molecule has 2 atom stereocenters. The monoisotopic (exact) mass is 516 g/mol. The van der Waals surface area contributed by atoms with Crippen molar-refractivity contribution in [1.82, 2.24) is 10.3 Å². The second kappa shape index (κ2) is 10.1. The zero-order valence-corrected chi connectivity index (χ0v) is 21.9. The van der Waals surface area contributed by atoms with Gasteiger partial charge < -0.3 is 20.0 Å². The van der Waals surface area contributed by atoms with Crippen molar-refractivity contribution < 1.29 is 22.0 Å². The Morgan fingerprint density at radius 3 is 2.67 bits per heavy atom. The molecule has 0 bridgehead atoms. The highest BCUT2D eigenvalue weighted by atomic mass is 32.2. The summed E-state index contributed by atoms with van der Waals surface area (Å²) < 4.78 is 43.8. The van der Waals surface area contributed by atoms with Gasteiger partial charge in [-0.25, -0.2) is 12.8 Å². The zero-order chi connectivity index (χ0) is 26.1. The van der Waals surface area contributed by atoms with Gasteiger partial charge in [-0.05, 0) is 54.2 Å². The average molecular weight is 517 g/mol. The Bertz CT molecular complexity index is 1320. The Labute approximate surface area is 211 Å². The Morgan fingerprint density at radius 2 is 1.97 bits per heavy atom. The first-order valence-electron chi connectivity index (χ1n) is 12.0. The minimum absolute atomic E-state index is 0.203. The fourth-order valence-corrected chi connectivity index (χ4v) is 5.53. The molecule has 1 aromatic heterocycles. The summed E-state index contributed by atoms with van der Waals surface area (Å²) in [5.41, 5.74) is 2.82. The van der Waals surface area contributed by atoms with Crippen LogP contribution < -0.4 is 15.5 Å². The lowest BCUT2D eigenvalue weighted by molar-refractivity contribution is -0.123. The Balaban J connectivity index is 1.53. The molecule has 0 unspecified atom stereocenters. The summed E-state index contributed by atoms with van der Waals surface area (Å²) >= 11 is 0. The van der Waals surface area contributed by atoms with E-state index in [1.165, 1.54) is 12.1 Å². The number of aromatic nitrogens is 1. The molecule has 1 amide bonds. The van der Waals surface area contributed by atoms with Gasteiger partial charge in [0.25, 0.3) is 6.01 Å². The number of nitrogens with zero attached hydrogens (tertiary/aromatic N) is 2. The van der Waals surface area contributed by atoms with Crippen LogP contribution in [0.25, 0.3) is 11.1 Å². The molecule has 0 saturated heterocycles. The van der Waals surface area contributed by atoms with E-state index in [0.29, 0.717) is 37.0 Å². The highest BCUT2D eigenvalue weighted by Crippen LogP contribution is 2.29. The quantitative estimate of drug-likeness (QED) is 0.446. The van der Waals surface area contributed by atoms with E-state index in [1.54, 1.807) is 12.1 Å². The summed E-state index contributed by atoms with van der Waals surface area (Å²) in [6.45, 7) is 6.99. The average Bonchev–Trinajstić information content (AvgIpc) is 3.34. The lowest BCUT2D eigenvalue weighted by atomic mass is 9.87. The van der Waals surface area contributed by atoms with E-state index in [2.05, 4.69) is 15.6 Å². The van der Waals surface area contributed by atoms with Crippen molar-refractivity contribution in [1.29, 1.82) is 0 Å². The third-order valence-corrected chi connectivity index (χ3v) is 7.06. The molecular formula is C26H33FN4O4S. The van der Waals surface area contributed by atoms with E-state index in [0.717, 1.165) is 17.5 Å². The smallest absolute Gasteiger partial charge is 0.296 e. The van der Waals surface area contributed by atoms with E-state index < -0.39 is 21.9 Å². The van der Waals surface area contributed by atoms with Gasteiger partial charge in [0.05, 0.1) is 11.8 Å². The number of para-hydroxylation sites is 2. The van der Waals surface area contributed by atoms with E-state index in [1.807, 2.05) is 43.9 Å². The molecule has 2 heterocycles. The molecule has 0 saturated carbocycles. The molecule has 8 nitrogen and oxygen atoms in total. The van der Waals surface area contributed by atoms with Crippen molar-refractivity contribution in [2.45, 2.75) is 45.7 Å². The van der Waals surface area contributed by atoms with E-state index in [4.69, 9.17) is 4.42 Å². The number of hydrogen-bond acceptors (Lipinski definition) is 7. The fraction of sp³-hybridized carbons (Fsp3) is 0.462. The molecule has 4 rings (SSSR count). The number of amides is 1. The van der Waals surface area contributed by atoms with Crippen molar-refractivity contribution in [2.75, 3.05) is 35.3 Å². The lowest BCUT2D eigenvalue weighted by Crippen LogP contribution is -2.52. The van der Waals surface area contributed by atoms with Crippen LogP contribution in [0.2, 0.25) is 0 Å². The number of sulfone groups is 1. The molecule has 1 aliphatic heterocycles. The molecule has 2 N–H and O–H groups in total. The summed E-state index contributed by atoms with van der Waals surface area (Å²) in [6.07, 6.45) is 2.29. The van der Waals surface area contributed by atoms with Crippen molar-refractivity contribution in [3.8, 4) is 0 Å². The molecule has 0 aliphatic carbocycles. The maximum atomic E-state index is 13.6. The van der Waals surface area contributed by atoms with Gasteiger partial charge in [-0.1, -0.05) is 32.9 Å². The van der Waals surface area contributed by atoms with Crippen LogP contribution in [0.15, 0.2) is 46.9 Å². The maximum Gasteiger partial charge on any atom is 0.296 e. The normalized spacial score (nSPS) is 15.5. The highest BCUT2D eigenvalue weighted by Gasteiger charge is 2.31. The number of hydrogen-bond donors (Lipinski definition) is 2. The molecule has 2 aromatic carbocycles. The number of fused-ring (bicyclic) bond motifs is 2. The van der Waals surface area contributed by atoms with E-state index in [-0.39, 0.29) is 28.9 Å². The third kappa shape index (κ3) is 6.75. The lowest BCUT2D eigenvalue weighted by Gasteiger charge is -2.30. The second-order valence-corrected chi connectivity index (χ2v) is 12.9. The summed E-state index contributed by atoms with van der Waals surface area (Å²) in [4.78, 5) is 19.9. The van der Waals surface area contributed by atoms with E-state index >= 15 is 0 Å². The standard InChI is InChI=1S/C26H33FN4O4S/c1-26(2,3)14-21(30-25-29-20-7-5-6-8-23(20)35-25)24(32)28-19(16-36(4,33)34)15-31-12-11-17-13-18(27)9-10-22(17)31/h5-10,13,19,21H,11-12,14-16H2,1-4H3,(H,28,32)(H,29,30)/t19-,21+/m1/s1. The first kappa shape index (κ1) is 25.9. The molecule has 36 heavy (non-hydrogen) atoms. The number of carbonyl (C=O) groups is 1. The van der Waals surface area contributed by atoms with Crippen LogP contribution in [0.1, 0.15) is 32.8 Å².